The normalized spacial score (nSPS) is 21.7. The summed E-state index contributed by atoms with van der Waals surface area (Å²) in [6.45, 7) is 0.815. The minimum absolute atomic E-state index is 0.246. The van der Waals surface area contributed by atoms with Crippen molar-refractivity contribution >= 4 is 17.3 Å². The molecule has 1 aromatic heterocycles. The lowest BCUT2D eigenvalue weighted by atomic mass is 10.1. The summed E-state index contributed by atoms with van der Waals surface area (Å²) in [6, 6.07) is 4.41. The van der Waals surface area contributed by atoms with E-state index in [1.807, 2.05) is 6.07 Å². The van der Waals surface area contributed by atoms with Crippen LogP contribution in [0.25, 0.3) is 0 Å². The first-order chi connectivity index (χ1) is 8.25. The lowest BCUT2D eigenvalue weighted by Crippen LogP contribution is -2.43. The first kappa shape index (κ1) is 11.2. The summed E-state index contributed by atoms with van der Waals surface area (Å²) >= 11 is 1.72. The number of hydrogen-bond donors (Lipinski definition) is 1. The van der Waals surface area contributed by atoms with E-state index in [2.05, 4.69) is 16.3 Å². The van der Waals surface area contributed by atoms with Crippen LogP contribution < -0.4 is 0 Å². The van der Waals surface area contributed by atoms with E-state index < -0.39 is 5.97 Å². The third-order valence-electron chi connectivity index (χ3n) is 3.61. The quantitative estimate of drug-likeness (QED) is 0.844. The lowest BCUT2D eigenvalue weighted by Gasteiger charge is -2.28. The molecular formula is C13H17NO2S. The standard InChI is InChI=1S/C13H17NO2S/c15-13(16)12(9-3-4-9)14(10-5-6-10)8-11-2-1-7-17-11/h1-2,7,9-10,12H,3-6,8H2,(H,15,16). The number of carboxylic acids is 1. The lowest BCUT2D eigenvalue weighted by molar-refractivity contribution is -0.144. The molecule has 17 heavy (non-hydrogen) atoms. The van der Waals surface area contributed by atoms with Gasteiger partial charge in [-0.25, -0.2) is 0 Å². The average Bonchev–Trinajstić information content (AvgIpc) is 3.18. The Bertz CT molecular complexity index is 396. The van der Waals surface area contributed by atoms with E-state index in [4.69, 9.17) is 0 Å². The van der Waals surface area contributed by atoms with Crippen LogP contribution in [0, 0.1) is 5.92 Å². The zero-order valence-electron chi connectivity index (χ0n) is 9.71. The molecule has 1 unspecified atom stereocenters. The maximum Gasteiger partial charge on any atom is 0.321 e. The highest BCUT2D eigenvalue weighted by molar-refractivity contribution is 7.09. The molecule has 2 aliphatic rings. The number of thiophene rings is 1. The van der Waals surface area contributed by atoms with Gasteiger partial charge in [0.1, 0.15) is 6.04 Å². The van der Waals surface area contributed by atoms with Gasteiger partial charge in [-0.1, -0.05) is 6.07 Å². The Morgan fingerprint density at radius 3 is 2.71 bits per heavy atom. The smallest absolute Gasteiger partial charge is 0.321 e. The Balaban J connectivity index is 1.76. The van der Waals surface area contributed by atoms with Crippen molar-refractivity contribution in [3.63, 3.8) is 0 Å². The molecule has 1 aromatic rings. The molecule has 0 saturated heterocycles. The summed E-state index contributed by atoms with van der Waals surface area (Å²) in [6.07, 6.45) is 4.51. The maximum absolute atomic E-state index is 11.4. The van der Waals surface area contributed by atoms with E-state index in [0.29, 0.717) is 12.0 Å². The van der Waals surface area contributed by atoms with Crippen molar-refractivity contribution in [3.8, 4) is 0 Å². The molecule has 3 rings (SSSR count). The van der Waals surface area contributed by atoms with E-state index in [1.165, 1.54) is 17.7 Å². The van der Waals surface area contributed by atoms with Gasteiger partial charge in [0.15, 0.2) is 0 Å². The second kappa shape index (κ2) is 4.42. The molecule has 1 heterocycles. The van der Waals surface area contributed by atoms with Gasteiger partial charge in [0.2, 0.25) is 0 Å². The fraction of sp³-hybridized carbons (Fsp3) is 0.615. The predicted octanol–water partition coefficient (Wildman–Crippen LogP) is 2.58. The molecule has 0 radical (unpaired) electrons. The van der Waals surface area contributed by atoms with Gasteiger partial charge in [-0.2, -0.15) is 0 Å². The summed E-state index contributed by atoms with van der Waals surface area (Å²) < 4.78 is 0. The van der Waals surface area contributed by atoms with Gasteiger partial charge < -0.3 is 5.11 Å². The SMILES string of the molecule is O=C(O)C(C1CC1)N(Cc1cccs1)C1CC1. The third-order valence-corrected chi connectivity index (χ3v) is 4.47. The Morgan fingerprint density at radius 1 is 1.47 bits per heavy atom. The molecule has 2 aliphatic carbocycles. The summed E-state index contributed by atoms with van der Waals surface area (Å²) in [5.41, 5.74) is 0. The van der Waals surface area contributed by atoms with Crippen molar-refractivity contribution in [1.29, 1.82) is 0 Å². The van der Waals surface area contributed by atoms with Crippen LogP contribution in [-0.2, 0) is 11.3 Å². The third kappa shape index (κ3) is 2.53. The van der Waals surface area contributed by atoms with Crippen molar-refractivity contribution < 1.29 is 9.90 Å². The summed E-state index contributed by atoms with van der Waals surface area (Å²) in [7, 11) is 0. The van der Waals surface area contributed by atoms with Crippen molar-refractivity contribution in [1.82, 2.24) is 4.90 Å². The Kier molecular flexibility index (Phi) is 2.92. The zero-order valence-corrected chi connectivity index (χ0v) is 10.5. The zero-order chi connectivity index (χ0) is 11.8. The second-order valence-electron chi connectivity index (χ2n) is 5.10. The molecular weight excluding hydrogens is 234 g/mol. The molecule has 0 amide bonds. The van der Waals surface area contributed by atoms with E-state index in [0.717, 1.165) is 19.4 Å². The van der Waals surface area contributed by atoms with Crippen LogP contribution in [-0.4, -0.2) is 28.1 Å². The summed E-state index contributed by atoms with van der Waals surface area (Å²) in [5, 5.41) is 11.5. The van der Waals surface area contributed by atoms with Gasteiger partial charge in [0, 0.05) is 17.5 Å². The van der Waals surface area contributed by atoms with E-state index in [1.54, 1.807) is 11.3 Å². The average molecular weight is 251 g/mol. The molecule has 0 aliphatic heterocycles. The number of carbonyl (C=O) groups is 1. The predicted molar refractivity (Wildman–Crippen MR) is 67.0 cm³/mol. The second-order valence-corrected chi connectivity index (χ2v) is 6.14. The van der Waals surface area contributed by atoms with Crippen LogP contribution in [0.5, 0.6) is 0 Å². The maximum atomic E-state index is 11.4. The molecule has 92 valence electrons. The number of rotatable bonds is 6. The Hall–Kier alpha value is -0.870. The summed E-state index contributed by atoms with van der Waals surface area (Å²) in [5.74, 6) is -0.232. The fourth-order valence-electron chi connectivity index (χ4n) is 2.47. The minimum atomic E-state index is -0.629. The van der Waals surface area contributed by atoms with E-state index >= 15 is 0 Å². The monoisotopic (exact) mass is 251 g/mol. The Morgan fingerprint density at radius 2 is 2.24 bits per heavy atom. The Labute approximate surface area is 105 Å². The molecule has 3 nitrogen and oxygen atoms in total. The number of nitrogens with zero attached hydrogens (tertiary/aromatic N) is 1. The number of hydrogen-bond acceptors (Lipinski definition) is 3. The molecule has 4 heteroatoms. The molecule has 0 aromatic carbocycles. The summed E-state index contributed by atoms with van der Waals surface area (Å²) in [4.78, 5) is 15.0. The number of carboxylic acid groups (broad SMARTS) is 1. The highest BCUT2D eigenvalue weighted by atomic mass is 32.1. The van der Waals surface area contributed by atoms with Gasteiger partial charge in [0.25, 0.3) is 0 Å². The van der Waals surface area contributed by atoms with Crippen LogP contribution in [0.1, 0.15) is 30.6 Å². The van der Waals surface area contributed by atoms with Crippen molar-refractivity contribution in [2.24, 2.45) is 5.92 Å². The van der Waals surface area contributed by atoms with Crippen molar-refractivity contribution in [2.45, 2.75) is 44.3 Å². The van der Waals surface area contributed by atoms with Crippen LogP contribution in [0.3, 0.4) is 0 Å². The highest BCUT2D eigenvalue weighted by Gasteiger charge is 2.45. The molecule has 1 atom stereocenters. The van der Waals surface area contributed by atoms with Gasteiger partial charge in [-0.15, -0.1) is 11.3 Å². The van der Waals surface area contributed by atoms with E-state index in [-0.39, 0.29) is 6.04 Å². The van der Waals surface area contributed by atoms with E-state index in [9.17, 15) is 9.90 Å². The number of aliphatic carboxylic acids is 1. The molecule has 1 N–H and O–H groups in total. The van der Waals surface area contributed by atoms with Gasteiger partial charge >= 0.3 is 5.97 Å². The van der Waals surface area contributed by atoms with Crippen LogP contribution in [0.2, 0.25) is 0 Å². The first-order valence-electron chi connectivity index (χ1n) is 6.26. The van der Waals surface area contributed by atoms with Gasteiger partial charge in [-0.3, -0.25) is 9.69 Å². The molecule has 2 fully saturated rings. The van der Waals surface area contributed by atoms with Crippen LogP contribution >= 0.6 is 11.3 Å². The van der Waals surface area contributed by atoms with Crippen LogP contribution in [0.15, 0.2) is 17.5 Å². The minimum Gasteiger partial charge on any atom is -0.480 e. The highest BCUT2D eigenvalue weighted by Crippen LogP contribution is 2.41. The topological polar surface area (TPSA) is 40.5 Å². The van der Waals surface area contributed by atoms with Crippen molar-refractivity contribution in [2.75, 3.05) is 0 Å². The van der Waals surface area contributed by atoms with Crippen molar-refractivity contribution in [3.05, 3.63) is 22.4 Å². The molecule has 0 spiro atoms. The fourth-order valence-corrected chi connectivity index (χ4v) is 3.18. The van der Waals surface area contributed by atoms with Gasteiger partial charge in [-0.05, 0) is 43.0 Å². The molecule has 2 saturated carbocycles. The van der Waals surface area contributed by atoms with Gasteiger partial charge in [0.05, 0.1) is 0 Å². The first-order valence-corrected chi connectivity index (χ1v) is 7.14. The molecule has 0 bridgehead atoms. The largest absolute Gasteiger partial charge is 0.480 e. The van der Waals surface area contributed by atoms with Crippen LogP contribution in [0.4, 0.5) is 0 Å².